The van der Waals surface area contributed by atoms with Crippen LogP contribution in [0.4, 0.5) is 0 Å². The van der Waals surface area contributed by atoms with E-state index in [2.05, 4.69) is 44.5 Å². The molecule has 0 spiro atoms. The Morgan fingerprint density at radius 1 is 1.00 bits per heavy atom. The molecule has 1 heterocycles. The summed E-state index contributed by atoms with van der Waals surface area (Å²) in [5.74, 6) is 0. The van der Waals surface area contributed by atoms with E-state index in [0.29, 0.717) is 0 Å². The number of rotatable bonds is 0. The molecule has 0 atom stereocenters. The van der Waals surface area contributed by atoms with Crippen LogP contribution in [0.3, 0.4) is 0 Å². The first kappa shape index (κ1) is 9.03. The quantitative estimate of drug-likeness (QED) is 0.406. The second-order valence-electron chi connectivity index (χ2n) is 1.71. The normalized spacial score (nSPS) is 55.5. The first-order chi connectivity index (χ1) is 3.41. The molecule has 0 nitrogen and oxygen atoms in total. The van der Waals surface area contributed by atoms with E-state index in [1.54, 1.807) is 0 Å². The summed E-state index contributed by atoms with van der Waals surface area (Å²) in [6.07, 6.45) is 0. The fourth-order valence-corrected chi connectivity index (χ4v) is 184. The first-order valence-corrected chi connectivity index (χ1v) is 19.8. The average molecular weight is 408 g/mol. The third kappa shape index (κ3) is 2.52. The molecule has 0 amide bonds. The molecule has 0 bridgehead atoms. The van der Waals surface area contributed by atoms with Gasteiger partial charge in [-0.3, -0.25) is 0 Å². The molecule has 1 aliphatic heterocycles. The minimum atomic E-state index is -0.319. The monoisotopic (exact) mass is 412 g/mol. The van der Waals surface area contributed by atoms with E-state index < -0.39 is 0 Å². The van der Waals surface area contributed by atoms with Crippen molar-refractivity contribution in [2.45, 2.75) is 0 Å². The van der Waals surface area contributed by atoms with Gasteiger partial charge < -0.3 is 0 Å². The van der Waals surface area contributed by atoms with Gasteiger partial charge in [0, 0.05) is 0 Å². The molecule has 0 aromatic rings. The summed E-state index contributed by atoms with van der Waals surface area (Å²) < 4.78 is -0.639. The molecule has 48 valence electrons. The molecule has 0 unspecified atom stereocenters. The van der Waals surface area contributed by atoms with Crippen molar-refractivity contribution in [3.63, 3.8) is 0 Å². The van der Waals surface area contributed by atoms with Gasteiger partial charge in [0.05, 0.1) is 0 Å². The molecule has 1 aliphatic rings. The molecule has 1 fully saturated rings. The van der Waals surface area contributed by atoms with E-state index in [-0.39, 0.29) is 6.66 Å². The van der Waals surface area contributed by atoms with Crippen LogP contribution in [0.15, 0.2) is 0 Å². The van der Waals surface area contributed by atoms with Crippen molar-refractivity contribution in [3.8, 4) is 0 Å². The zero-order chi connectivity index (χ0) is 6.41. The molecule has 8 heavy (non-hydrogen) atoms. The van der Waals surface area contributed by atoms with E-state index in [1.165, 1.54) is 0 Å². The summed E-state index contributed by atoms with van der Waals surface area (Å²) in [4.78, 5) is 0. The second-order valence-corrected chi connectivity index (χ2v) is 60.9. The Bertz CT molecular complexity index is 88.6. The molecule has 1 saturated heterocycles. The third-order valence-electron chi connectivity index (χ3n) is 0.593. The molecule has 0 aromatic carbocycles. The van der Waals surface area contributed by atoms with Crippen LogP contribution in [-0.4, -0.2) is 72.6 Å². The first-order valence-electron chi connectivity index (χ1n) is 1.99. The van der Waals surface area contributed by atoms with Crippen molar-refractivity contribution in [2.24, 2.45) is 0 Å². The van der Waals surface area contributed by atoms with Gasteiger partial charge in [-0.2, -0.15) is 0 Å². The topological polar surface area (TPSA) is 0 Å². The van der Waals surface area contributed by atoms with Crippen molar-refractivity contribution in [2.75, 3.05) is 13.3 Å². The standard InChI is InChI=1S/C2H6P2Se4/c1-3(5)7-4(2,6)8-3/h1-2H3. The fourth-order valence-electron chi connectivity index (χ4n) is 0.545. The summed E-state index contributed by atoms with van der Waals surface area (Å²) in [5, 5.41) is 0. The summed E-state index contributed by atoms with van der Waals surface area (Å²) in [5.41, 5.74) is 0. The molecular formula is C2H6P2Se4. The summed E-state index contributed by atoms with van der Waals surface area (Å²) >= 11 is 8.82. The minimum absolute atomic E-state index is 0.319. The van der Waals surface area contributed by atoms with Crippen LogP contribution in [0.2, 0.25) is 0 Å². The Labute approximate surface area is 78.3 Å². The third-order valence-corrected chi connectivity index (χ3v) is 80.1. The Hall–Kier alpha value is 2.94. The number of hydrogen-bond donors (Lipinski definition) is 0. The van der Waals surface area contributed by atoms with E-state index in [9.17, 15) is 0 Å². The number of hydrogen-bond acceptors (Lipinski definition) is 0. The summed E-state index contributed by atoms with van der Waals surface area (Å²) in [6, 6.07) is 0. The van der Waals surface area contributed by atoms with E-state index in [1.807, 2.05) is 0 Å². The molecule has 0 aliphatic carbocycles. The van der Waals surface area contributed by atoms with Crippen molar-refractivity contribution in [1.29, 1.82) is 0 Å². The molecule has 1 rings (SSSR count). The van der Waals surface area contributed by atoms with Crippen molar-refractivity contribution in [3.05, 3.63) is 0 Å². The molecule has 0 aromatic heterocycles. The molecule has 6 heteroatoms. The Morgan fingerprint density at radius 2 is 1.25 bits per heavy atom. The van der Waals surface area contributed by atoms with Gasteiger partial charge in [0.15, 0.2) is 0 Å². The predicted octanol–water partition coefficient (Wildman–Crippen LogP) is 0.530. The predicted molar refractivity (Wildman–Crippen MR) is 48.7 cm³/mol. The molecule has 0 radical (unpaired) electrons. The van der Waals surface area contributed by atoms with Crippen molar-refractivity contribution < 1.29 is 0 Å². The summed E-state index contributed by atoms with van der Waals surface area (Å²) in [7, 11) is 0. The maximum atomic E-state index is 3.38. The maximum absolute atomic E-state index is 3.38. The van der Waals surface area contributed by atoms with E-state index in [0.717, 1.165) is 28.1 Å². The van der Waals surface area contributed by atoms with Gasteiger partial charge in [0.2, 0.25) is 0 Å². The van der Waals surface area contributed by atoms with Gasteiger partial charge in [0.1, 0.15) is 0 Å². The van der Waals surface area contributed by atoms with Crippen LogP contribution in [0.5, 0.6) is 0 Å². The van der Waals surface area contributed by atoms with E-state index in [4.69, 9.17) is 0 Å². The Morgan fingerprint density at radius 3 is 1.25 bits per heavy atom. The van der Waals surface area contributed by atoms with Crippen LogP contribution >= 0.6 is 6.66 Å². The van der Waals surface area contributed by atoms with Gasteiger partial charge in [-0.05, 0) is 0 Å². The average Bonchev–Trinajstić information content (AvgIpc) is 1.20. The summed E-state index contributed by atoms with van der Waals surface area (Å²) in [6.45, 7) is 4.93. The van der Waals surface area contributed by atoms with Crippen LogP contribution in [0.25, 0.3) is 0 Å². The van der Waals surface area contributed by atoms with Crippen molar-refractivity contribution >= 4 is 65.9 Å². The van der Waals surface area contributed by atoms with Gasteiger partial charge in [-0.1, -0.05) is 0 Å². The second kappa shape index (κ2) is 2.77. The molecule has 0 saturated carbocycles. The Balaban J connectivity index is 2.42. The molecule has 0 N–H and O–H groups in total. The van der Waals surface area contributed by atoms with E-state index >= 15 is 0 Å². The van der Waals surface area contributed by atoms with Crippen molar-refractivity contribution in [1.82, 2.24) is 0 Å². The van der Waals surface area contributed by atoms with Gasteiger partial charge in [-0.25, -0.2) is 0 Å². The zero-order valence-corrected chi connectivity index (χ0v) is 13.2. The SMILES string of the molecule is C[P+]1([Se-])[Se][P+](C)([Se-])[Se]1. The van der Waals surface area contributed by atoms with Gasteiger partial charge in [0.25, 0.3) is 0 Å². The van der Waals surface area contributed by atoms with Crippen LogP contribution in [0, 0.1) is 0 Å². The van der Waals surface area contributed by atoms with Crippen LogP contribution < -0.4 is 0 Å². The zero-order valence-electron chi connectivity index (χ0n) is 4.53. The van der Waals surface area contributed by atoms with Gasteiger partial charge in [-0.15, -0.1) is 0 Å². The Kier molecular flexibility index (Phi) is 3.12. The van der Waals surface area contributed by atoms with Crippen LogP contribution in [0.1, 0.15) is 0 Å². The van der Waals surface area contributed by atoms with Gasteiger partial charge >= 0.3 is 79.3 Å². The molecular weight excluding hydrogens is 402 g/mol. The fraction of sp³-hybridized carbons (Fsp3) is 1.00. The van der Waals surface area contributed by atoms with Crippen LogP contribution in [-0.2, 0) is 0 Å².